The molecular weight excluding hydrogens is 184 g/mol. The van der Waals surface area contributed by atoms with Gasteiger partial charge < -0.3 is 9.84 Å². The van der Waals surface area contributed by atoms with Crippen LogP contribution in [-0.4, -0.2) is 36.6 Å². The standard InChI is InChI=1S/C5H6F4O3/c1-12-2-4(6,3(10)11)5(7,8)9/h2H2,1H3,(H,10,11). The molecule has 12 heavy (non-hydrogen) atoms. The Balaban J connectivity index is 4.75. The summed E-state index contributed by atoms with van der Waals surface area (Å²) in [4.78, 5) is 9.88. The summed E-state index contributed by atoms with van der Waals surface area (Å²) in [6, 6.07) is 0. The summed E-state index contributed by atoms with van der Waals surface area (Å²) in [5.41, 5.74) is -4.32. The van der Waals surface area contributed by atoms with Crippen molar-refractivity contribution in [3.63, 3.8) is 0 Å². The smallest absolute Gasteiger partial charge is 0.435 e. The van der Waals surface area contributed by atoms with Gasteiger partial charge in [-0.2, -0.15) is 13.2 Å². The van der Waals surface area contributed by atoms with Crippen LogP contribution < -0.4 is 0 Å². The van der Waals surface area contributed by atoms with Crippen molar-refractivity contribution >= 4 is 5.97 Å². The van der Waals surface area contributed by atoms with Crippen molar-refractivity contribution in [2.24, 2.45) is 0 Å². The molecule has 0 fully saturated rings. The first-order valence-corrected chi connectivity index (χ1v) is 2.73. The highest BCUT2D eigenvalue weighted by Crippen LogP contribution is 2.34. The Morgan fingerprint density at radius 3 is 1.92 bits per heavy atom. The molecule has 0 aromatic heterocycles. The highest BCUT2D eigenvalue weighted by molar-refractivity contribution is 5.78. The molecule has 3 nitrogen and oxygen atoms in total. The second-order valence-corrected chi connectivity index (χ2v) is 2.04. The zero-order valence-electron chi connectivity index (χ0n) is 5.98. The second-order valence-electron chi connectivity index (χ2n) is 2.04. The van der Waals surface area contributed by atoms with Crippen molar-refractivity contribution in [2.75, 3.05) is 13.7 Å². The maximum atomic E-state index is 12.6. The first kappa shape index (κ1) is 11.2. The van der Waals surface area contributed by atoms with Crippen molar-refractivity contribution in [1.82, 2.24) is 0 Å². The number of rotatable bonds is 3. The fourth-order valence-corrected chi connectivity index (χ4v) is 0.464. The van der Waals surface area contributed by atoms with Gasteiger partial charge in [0.05, 0.1) is 0 Å². The SMILES string of the molecule is COCC(F)(C(=O)O)C(F)(F)F. The van der Waals surface area contributed by atoms with Crippen LogP contribution in [0.15, 0.2) is 0 Å². The second kappa shape index (κ2) is 3.26. The minimum absolute atomic E-state index is 0.781. The zero-order chi connectivity index (χ0) is 9.99. The maximum Gasteiger partial charge on any atom is 0.435 e. The molecule has 0 saturated heterocycles. The van der Waals surface area contributed by atoms with Crippen LogP contribution in [0.3, 0.4) is 0 Å². The quantitative estimate of drug-likeness (QED) is 0.675. The summed E-state index contributed by atoms with van der Waals surface area (Å²) < 4.78 is 51.5. The number of carbonyl (C=O) groups is 1. The van der Waals surface area contributed by atoms with Crippen molar-refractivity contribution in [2.45, 2.75) is 11.8 Å². The Morgan fingerprint density at radius 2 is 1.83 bits per heavy atom. The Morgan fingerprint density at radius 1 is 1.42 bits per heavy atom. The average Bonchev–Trinajstić information content (AvgIpc) is 1.85. The van der Waals surface area contributed by atoms with Crippen LogP contribution >= 0.6 is 0 Å². The molecule has 0 rings (SSSR count). The predicted octanol–water partition coefficient (Wildman–Crippen LogP) is 0.988. The Bertz CT molecular complexity index is 178. The summed E-state index contributed by atoms with van der Waals surface area (Å²) in [7, 11) is 0.781. The monoisotopic (exact) mass is 190 g/mol. The van der Waals surface area contributed by atoms with Crippen LogP contribution in [0, 0.1) is 0 Å². The van der Waals surface area contributed by atoms with Gasteiger partial charge >= 0.3 is 17.8 Å². The first-order valence-electron chi connectivity index (χ1n) is 2.73. The van der Waals surface area contributed by atoms with Gasteiger partial charge in [0.25, 0.3) is 0 Å². The number of ether oxygens (including phenoxy) is 1. The highest BCUT2D eigenvalue weighted by Gasteiger charge is 2.62. The van der Waals surface area contributed by atoms with Crippen LogP contribution in [0.25, 0.3) is 0 Å². The van der Waals surface area contributed by atoms with Crippen LogP contribution in [-0.2, 0) is 9.53 Å². The van der Waals surface area contributed by atoms with E-state index in [1.165, 1.54) is 0 Å². The van der Waals surface area contributed by atoms with Gasteiger partial charge in [0.15, 0.2) is 0 Å². The van der Waals surface area contributed by atoms with E-state index in [1.54, 1.807) is 0 Å². The lowest BCUT2D eigenvalue weighted by Gasteiger charge is -2.22. The van der Waals surface area contributed by atoms with E-state index >= 15 is 0 Å². The molecule has 0 amide bonds. The number of aliphatic carboxylic acids is 1. The van der Waals surface area contributed by atoms with Crippen molar-refractivity contribution < 1.29 is 32.2 Å². The molecule has 72 valence electrons. The molecule has 0 aliphatic rings. The number of hydrogen-bond acceptors (Lipinski definition) is 2. The Labute approximate surface area is 64.9 Å². The molecule has 1 N–H and O–H groups in total. The van der Waals surface area contributed by atoms with Crippen LogP contribution in [0.4, 0.5) is 17.6 Å². The van der Waals surface area contributed by atoms with Gasteiger partial charge in [-0.1, -0.05) is 0 Å². The maximum absolute atomic E-state index is 12.6. The molecular formula is C5H6F4O3. The highest BCUT2D eigenvalue weighted by atomic mass is 19.4. The van der Waals surface area contributed by atoms with E-state index in [9.17, 15) is 22.4 Å². The normalized spacial score (nSPS) is 17.1. The van der Waals surface area contributed by atoms with E-state index in [2.05, 4.69) is 4.74 Å². The average molecular weight is 190 g/mol. The fraction of sp³-hybridized carbons (Fsp3) is 0.800. The Hall–Kier alpha value is -0.850. The molecule has 0 saturated carbocycles. The van der Waals surface area contributed by atoms with Gasteiger partial charge in [0.2, 0.25) is 0 Å². The van der Waals surface area contributed by atoms with E-state index in [0.29, 0.717) is 0 Å². The van der Waals surface area contributed by atoms with Gasteiger partial charge in [-0.15, -0.1) is 0 Å². The van der Waals surface area contributed by atoms with Crippen molar-refractivity contribution in [3.8, 4) is 0 Å². The van der Waals surface area contributed by atoms with Crippen LogP contribution in [0.5, 0.6) is 0 Å². The van der Waals surface area contributed by atoms with Gasteiger partial charge in [0, 0.05) is 7.11 Å². The largest absolute Gasteiger partial charge is 0.479 e. The lowest BCUT2D eigenvalue weighted by atomic mass is 10.1. The number of carboxylic acid groups (broad SMARTS) is 1. The molecule has 0 aromatic carbocycles. The van der Waals surface area contributed by atoms with Crippen LogP contribution in [0.1, 0.15) is 0 Å². The third-order valence-electron chi connectivity index (χ3n) is 1.13. The van der Waals surface area contributed by atoms with Gasteiger partial charge in [-0.3, -0.25) is 0 Å². The molecule has 0 bridgehead atoms. The summed E-state index contributed by atoms with van der Waals surface area (Å²) in [6.45, 7) is -1.55. The fourth-order valence-electron chi connectivity index (χ4n) is 0.464. The molecule has 7 heteroatoms. The van der Waals surface area contributed by atoms with E-state index in [0.717, 1.165) is 7.11 Å². The third-order valence-corrected chi connectivity index (χ3v) is 1.13. The van der Waals surface area contributed by atoms with Gasteiger partial charge in [-0.25, -0.2) is 9.18 Å². The number of methoxy groups -OCH3 is 1. The van der Waals surface area contributed by atoms with E-state index < -0.39 is 24.4 Å². The minimum atomic E-state index is -5.46. The third kappa shape index (κ3) is 1.84. The lowest BCUT2D eigenvalue weighted by Crippen LogP contribution is -2.51. The van der Waals surface area contributed by atoms with Crippen molar-refractivity contribution in [3.05, 3.63) is 0 Å². The number of carboxylic acids is 1. The number of alkyl halides is 4. The van der Waals surface area contributed by atoms with E-state index in [1.807, 2.05) is 0 Å². The van der Waals surface area contributed by atoms with Crippen molar-refractivity contribution in [1.29, 1.82) is 0 Å². The topological polar surface area (TPSA) is 46.5 Å². The molecule has 0 spiro atoms. The molecule has 0 heterocycles. The molecule has 0 aromatic rings. The minimum Gasteiger partial charge on any atom is -0.479 e. The first-order chi connectivity index (χ1) is 5.25. The molecule has 0 radical (unpaired) electrons. The molecule has 1 unspecified atom stereocenters. The molecule has 0 aliphatic heterocycles. The predicted molar refractivity (Wildman–Crippen MR) is 29.4 cm³/mol. The summed E-state index contributed by atoms with van der Waals surface area (Å²) >= 11 is 0. The molecule has 1 atom stereocenters. The molecule has 0 aliphatic carbocycles. The van der Waals surface area contributed by atoms with E-state index in [4.69, 9.17) is 5.11 Å². The zero-order valence-corrected chi connectivity index (χ0v) is 5.98. The number of halogens is 4. The van der Waals surface area contributed by atoms with Gasteiger partial charge in [0.1, 0.15) is 6.61 Å². The van der Waals surface area contributed by atoms with Gasteiger partial charge in [-0.05, 0) is 0 Å². The lowest BCUT2D eigenvalue weighted by molar-refractivity contribution is -0.246. The summed E-state index contributed by atoms with van der Waals surface area (Å²) in [6.07, 6.45) is -5.46. The Kier molecular flexibility index (Phi) is 3.03. The number of hydrogen-bond donors (Lipinski definition) is 1. The van der Waals surface area contributed by atoms with Crippen LogP contribution in [0.2, 0.25) is 0 Å². The summed E-state index contributed by atoms with van der Waals surface area (Å²) in [5, 5.41) is 7.92. The summed E-state index contributed by atoms with van der Waals surface area (Å²) in [5.74, 6) is -2.60. The van der Waals surface area contributed by atoms with E-state index in [-0.39, 0.29) is 0 Å².